The van der Waals surface area contributed by atoms with Crippen molar-refractivity contribution >= 4 is 27.5 Å². The van der Waals surface area contributed by atoms with Crippen LogP contribution in [0.4, 0.5) is 0 Å². The summed E-state index contributed by atoms with van der Waals surface area (Å²) in [4.78, 5) is 14.6. The van der Waals surface area contributed by atoms with Gasteiger partial charge in [-0.05, 0) is 30.8 Å². The number of benzene rings is 2. The molecule has 0 atom stereocenters. The highest BCUT2D eigenvalue weighted by atomic mass is 35.5. The number of sulfonamides is 1. The van der Waals surface area contributed by atoms with Crippen LogP contribution < -0.4 is 5.32 Å². The van der Waals surface area contributed by atoms with Crippen LogP contribution >= 0.6 is 11.6 Å². The van der Waals surface area contributed by atoms with Gasteiger partial charge < -0.3 is 10.2 Å². The van der Waals surface area contributed by atoms with Crippen LogP contribution in [0.2, 0.25) is 5.02 Å². The van der Waals surface area contributed by atoms with Crippen LogP contribution in [-0.4, -0.2) is 56.8 Å². The van der Waals surface area contributed by atoms with E-state index in [4.69, 9.17) is 11.6 Å². The Hall–Kier alpha value is -1.93. The van der Waals surface area contributed by atoms with Crippen LogP contribution in [0.1, 0.15) is 29.8 Å². The smallest absolute Gasteiger partial charge is 0.251 e. The van der Waals surface area contributed by atoms with Gasteiger partial charge in [0, 0.05) is 38.3 Å². The fraction of sp³-hybridized carbons (Fsp3) is 0.381. The molecule has 2 aromatic carbocycles. The standard InChI is InChI=1S/C21H28ClN3O3S/c1-4-25(5-2)29(27,28)20-15-18(11-12-19(20)22)21(26)23-13-14-24(3)16-17-9-7-6-8-10-17/h6-12,15H,4-5,13-14,16H2,1-3H3,(H,23,26). The molecule has 0 radical (unpaired) electrons. The molecule has 8 heteroatoms. The molecule has 0 spiro atoms. The molecule has 0 saturated carbocycles. The molecule has 2 rings (SSSR count). The summed E-state index contributed by atoms with van der Waals surface area (Å²) >= 11 is 6.12. The predicted molar refractivity (Wildman–Crippen MR) is 117 cm³/mol. The Balaban J connectivity index is 2.01. The third-order valence-corrected chi connectivity index (χ3v) is 7.12. The van der Waals surface area contributed by atoms with E-state index in [0.29, 0.717) is 26.2 Å². The number of likely N-dealkylation sites (N-methyl/N-ethyl adjacent to an activating group) is 1. The van der Waals surface area contributed by atoms with E-state index >= 15 is 0 Å². The predicted octanol–water partition coefficient (Wildman–Crippen LogP) is 3.23. The average Bonchev–Trinajstić information content (AvgIpc) is 2.69. The molecule has 0 saturated heterocycles. The maximum Gasteiger partial charge on any atom is 0.251 e. The second kappa shape index (κ2) is 10.7. The fourth-order valence-corrected chi connectivity index (χ4v) is 4.94. The Bertz CT molecular complexity index is 916. The molecule has 0 unspecified atom stereocenters. The number of carbonyl (C=O) groups is 1. The largest absolute Gasteiger partial charge is 0.351 e. The molecular formula is C21H28ClN3O3S. The van der Waals surface area contributed by atoms with Gasteiger partial charge in [0.2, 0.25) is 10.0 Å². The molecule has 0 aliphatic carbocycles. The Labute approximate surface area is 178 Å². The summed E-state index contributed by atoms with van der Waals surface area (Å²) < 4.78 is 26.9. The minimum atomic E-state index is -3.74. The number of hydrogen-bond acceptors (Lipinski definition) is 4. The van der Waals surface area contributed by atoms with Gasteiger partial charge in [0.05, 0.1) is 5.02 Å². The molecule has 6 nitrogen and oxygen atoms in total. The molecule has 0 fully saturated rings. The van der Waals surface area contributed by atoms with E-state index in [1.165, 1.54) is 28.1 Å². The van der Waals surface area contributed by atoms with Crippen LogP contribution in [0.15, 0.2) is 53.4 Å². The van der Waals surface area contributed by atoms with Crippen molar-refractivity contribution in [1.29, 1.82) is 0 Å². The lowest BCUT2D eigenvalue weighted by atomic mass is 10.2. The zero-order chi connectivity index (χ0) is 21.4. The van der Waals surface area contributed by atoms with E-state index < -0.39 is 10.0 Å². The summed E-state index contributed by atoms with van der Waals surface area (Å²) in [6.07, 6.45) is 0. The van der Waals surface area contributed by atoms with Crippen molar-refractivity contribution in [3.05, 3.63) is 64.7 Å². The van der Waals surface area contributed by atoms with Gasteiger partial charge in [-0.15, -0.1) is 0 Å². The number of halogens is 1. The second-order valence-electron chi connectivity index (χ2n) is 6.71. The topological polar surface area (TPSA) is 69.7 Å². The van der Waals surface area contributed by atoms with Crippen molar-refractivity contribution in [2.45, 2.75) is 25.3 Å². The van der Waals surface area contributed by atoms with Gasteiger partial charge in [-0.25, -0.2) is 8.42 Å². The summed E-state index contributed by atoms with van der Waals surface area (Å²) in [5.74, 6) is -0.328. The SMILES string of the molecule is CCN(CC)S(=O)(=O)c1cc(C(=O)NCCN(C)Cc2ccccc2)ccc1Cl. The van der Waals surface area contributed by atoms with Crippen LogP contribution in [0, 0.1) is 0 Å². The fourth-order valence-electron chi connectivity index (χ4n) is 2.98. The van der Waals surface area contributed by atoms with Gasteiger partial charge in [0.15, 0.2) is 0 Å². The normalized spacial score (nSPS) is 11.8. The molecule has 0 heterocycles. The van der Waals surface area contributed by atoms with E-state index in [9.17, 15) is 13.2 Å². The molecule has 0 aliphatic heterocycles. The van der Waals surface area contributed by atoms with Gasteiger partial charge in [0.1, 0.15) is 4.90 Å². The third-order valence-electron chi connectivity index (χ3n) is 4.59. The first-order valence-electron chi connectivity index (χ1n) is 9.60. The lowest BCUT2D eigenvalue weighted by molar-refractivity contribution is 0.0949. The molecule has 1 N–H and O–H groups in total. The van der Waals surface area contributed by atoms with Crippen molar-refractivity contribution in [1.82, 2.24) is 14.5 Å². The summed E-state index contributed by atoms with van der Waals surface area (Å²) in [5, 5.41) is 2.95. The van der Waals surface area contributed by atoms with Crippen molar-refractivity contribution in [2.24, 2.45) is 0 Å². The quantitative estimate of drug-likeness (QED) is 0.619. The Morgan fingerprint density at radius 3 is 2.34 bits per heavy atom. The third kappa shape index (κ3) is 6.27. The van der Waals surface area contributed by atoms with Crippen LogP contribution in [0.5, 0.6) is 0 Å². The number of carbonyl (C=O) groups excluding carboxylic acids is 1. The van der Waals surface area contributed by atoms with Crippen molar-refractivity contribution in [3.63, 3.8) is 0 Å². The zero-order valence-corrected chi connectivity index (χ0v) is 18.6. The first-order valence-corrected chi connectivity index (χ1v) is 11.4. The van der Waals surface area contributed by atoms with Gasteiger partial charge in [0.25, 0.3) is 5.91 Å². The average molecular weight is 438 g/mol. The van der Waals surface area contributed by atoms with E-state index in [1.54, 1.807) is 13.8 Å². The molecule has 29 heavy (non-hydrogen) atoms. The van der Waals surface area contributed by atoms with Crippen LogP contribution in [0.25, 0.3) is 0 Å². The van der Waals surface area contributed by atoms with E-state index in [0.717, 1.165) is 6.54 Å². The highest BCUT2D eigenvalue weighted by Gasteiger charge is 2.25. The van der Waals surface area contributed by atoms with Gasteiger partial charge in [-0.3, -0.25) is 4.79 Å². The zero-order valence-electron chi connectivity index (χ0n) is 17.1. The number of hydrogen-bond donors (Lipinski definition) is 1. The second-order valence-corrected chi connectivity index (χ2v) is 9.03. The number of nitrogens with zero attached hydrogens (tertiary/aromatic N) is 2. The summed E-state index contributed by atoms with van der Waals surface area (Å²) in [6, 6.07) is 14.4. The summed E-state index contributed by atoms with van der Waals surface area (Å²) in [7, 11) is -1.76. The Kier molecular flexibility index (Phi) is 8.64. The molecule has 0 aromatic heterocycles. The minimum absolute atomic E-state index is 0.0447. The van der Waals surface area contributed by atoms with Gasteiger partial charge >= 0.3 is 0 Å². The summed E-state index contributed by atoms with van der Waals surface area (Å²) in [5.41, 5.74) is 1.47. The molecule has 2 aromatic rings. The molecule has 158 valence electrons. The van der Waals surface area contributed by atoms with Gasteiger partial charge in [-0.1, -0.05) is 55.8 Å². The monoisotopic (exact) mass is 437 g/mol. The highest BCUT2D eigenvalue weighted by Crippen LogP contribution is 2.25. The minimum Gasteiger partial charge on any atom is -0.351 e. The van der Waals surface area contributed by atoms with Crippen LogP contribution in [0.3, 0.4) is 0 Å². The van der Waals surface area contributed by atoms with Crippen molar-refractivity contribution in [3.8, 4) is 0 Å². The lowest BCUT2D eigenvalue weighted by Crippen LogP contribution is -2.33. The van der Waals surface area contributed by atoms with Crippen LogP contribution in [-0.2, 0) is 16.6 Å². The molecular weight excluding hydrogens is 410 g/mol. The van der Waals surface area contributed by atoms with Crippen molar-refractivity contribution < 1.29 is 13.2 Å². The van der Waals surface area contributed by atoms with Crippen molar-refractivity contribution in [2.75, 3.05) is 33.2 Å². The Morgan fingerprint density at radius 1 is 1.07 bits per heavy atom. The number of amides is 1. The first-order chi connectivity index (χ1) is 13.8. The van der Waals surface area contributed by atoms with Gasteiger partial charge in [-0.2, -0.15) is 4.31 Å². The molecule has 0 aliphatic rings. The Morgan fingerprint density at radius 2 is 1.72 bits per heavy atom. The van der Waals surface area contributed by atoms with E-state index in [2.05, 4.69) is 22.3 Å². The molecule has 1 amide bonds. The number of nitrogens with one attached hydrogen (secondary N) is 1. The maximum absolute atomic E-state index is 12.8. The molecule has 0 bridgehead atoms. The van der Waals surface area contributed by atoms with E-state index in [-0.39, 0.29) is 21.4 Å². The lowest BCUT2D eigenvalue weighted by Gasteiger charge is -2.20. The summed E-state index contributed by atoms with van der Waals surface area (Å²) in [6.45, 7) is 6.08. The highest BCUT2D eigenvalue weighted by molar-refractivity contribution is 7.89. The first kappa shape index (κ1) is 23.3. The number of rotatable bonds is 10. The maximum atomic E-state index is 12.8. The van der Waals surface area contributed by atoms with E-state index in [1.807, 2.05) is 25.2 Å².